The topological polar surface area (TPSA) is 12.4 Å². The molecule has 0 amide bonds. The van der Waals surface area contributed by atoms with Crippen LogP contribution in [0.5, 0.6) is 0 Å². The molecule has 0 saturated carbocycles. The maximum Gasteiger partial charge on any atom is 0.0424 e. The summed E-state index contributed by atoms with van der Waals surface area (Å²) in [6.45, 7) is 12.0. The second-order valence-electron chi connectivity index (χ2n) is 2.92. The first-order valence-electron chi connectivity index (χ1n) is 3.93. The molecule has 0 aliphatic heterocycles. The van der Waals surface area contributed by atoms with E-state index in [1.54, 1.807) is 0 Å². The van der Waals surface area contributed by atoms with Crippen molar-refractivity contribution in [2.75, 3.05) is 0 Å². The van der Waals surface area contributed by atoms with Gasteiger partial charge in [0.1, 0.15) is 0 Å². The van der Waals surface area contributed by atoms with E-state index in [0.717, 1.165) is 17.7 Å². The smallest absolute Gasteiger partial charge is 0.0424 e. The third-order valence-corrected chi connectivity index (χ3v) is 1.31. The molecule has 11 heavy (non-hydrogen) atoms. The molecule has 0 aromatic carbocycles. The van der Waals surface area contributed by atoms with Crippen molar-refractivity contribution in [3.8, 4) is 0 Å². The van der Waals surface area contributed by atoms with Crippen LogP contribution in [0.2, 0.25) is 0 Å². The minimum atomic E-state index is 0.957. The SMILES string of the molecule is C=C(C)C(CC)=NC=C(C)C. The zero-order chi connectivity index (χ0) is 8.85. The Morgan fingerprint density at radius 1 is 1.36 bits per heavy atom. The van der Waals surface area contributed by atoms with Crippen molar-refractivity contribution in [2.45, 2.75) is 34.1 Å². The number of allylic oxidation sites excluding steroid dienone is 2. The highest BCUT2D eigenvalue weighted by Gasteiger charge is 1.93. The normalized spacial score (nSPS) is 11.1. The van der Waals surface area contributed by atoms with Crippen LogP contribution < -0.4 is 0 Å². The Balaban J connectivity index is 4.37. The Morgan fingerprint density at radius 3 is 2.18 bits per heavy atom. The Kier molecular flexibility index (Phi) is 4.51. The maximum atomic E-state index is 4.30. The molecular formula is C10H17N. The van der Waals surface area contributed by atoms with Gasteiger partial charge in [0.05, 0.1) is 0 Å². The van der Waals surface area contributed by atoms with Gasteiger partial charge in [-0.15, -0.1) is 0 Å². The summed E-state index contributed by atoms with van der Waals surface area (Å²) in [5.74, 6) is 0. The van der Waals surface area contributed by atoms with E-state index in [2.05, 4.69) is 18.5 Å². The van der Waals surface area contributed by atoms with Gasteiger partial charge in [0.15, 0.2) is 0 Å². The van der Waals surface area contributed by atoms with Crippen LogP contribution in [0, 0.1) is 0 Å². The van der Waals surface area contributed by atoms with E-state index in [0.29, 0.717) is 0 Å². The van der Waals surface area contributed by atoms with Crippen LogP contribution in [-0.4, -0.2) is 5.71 Å². The summed E-state index contributed by atoms with van der Waals surface area (Å²) in [5, 5.41) is 0. The molecule has 0 fully saturated rings. The molecule has 0 aromatic rings. The predicted octanol–water partition coefficient (Wildman–Crippen LogP) is 3.34. The molecule has 0 radical (unpaired) electrons. The van der Waals surface area contributed by atoms with Crippen LogP contribution in [0.15, 0.2) is 28.9 Å². The van der Waals surface area contributed by atoms with Gasteiger partial charge in [-0.2, -0.15) is 0 Å². The molecular weight excluding hydrogens is 134 g/mol. The number of hydrogen-bond donors (Lipinski definition) is 0. The lowest BCUT2D eigenvalue weighted by molar-refractivity contribution is 1.24. The van der Waals surface area contributed by atoms with Crippen molar-refractivity contribution in [3.63, 3.8) is 0 Å². The molecule has 0 heterocycles. The van der Waals surface area contributed by atoms with Crippen molar-refractivity contribution >= 4 is 5.71 Å². The van der Waals surface area contributed by atoms with E-state index in [1.807, 2.05) is 27.0 Å². The van der Waals surface area contributed by atoms with Crippen LogP contribution in [0.25, 0.3) is 0 Å². The number of hydrogen-bond acceptors (Lipinski definition) is 1. The molecule has 62 valence electrons. The maximum absolute atomic E-state index is 4.30. The molecule has 0 bridgehead atoms. The Morgan fingerprint density at radius 2 is 1.91 bits per heavy atom. The van der Waals surface area contributed by atoms with Crippen molar-refractivity contribution in [1.82, 2.24) is 0 Å². The van der Waals surface area contributed by atoms with E-state index < -0.39 is 0 Å². The molecule has 0 rings (SSSR count). The van der Waals surface area contributed by atoms with Gasteiger partial charge >= 0.3 is 0 Å². The van der Waals surface area contributed by atoms with Gasteiger partial charge in [0, 0.05) is 11.9 Å². The van der Waals surface area contributed by atoms with E-state index in [4.69, 9.17) is 0 Å². The van der Waals surface area contributed by atoms with Gasteiger partial charge in [-0.25, -0.2) is 0 Å². The van der Waals surface area contributed by atoms with Crippen molar-refractivity contribution in [1.29, 1.82) is 0 Å². The van der Waals surface area contributed by atoms with Gasteiger partial charge in [0.2, 0.25) is 0 Å². The summed E-state index contributed by atoms with van der Waals surface area (Å²) in [5.41, 5.74) is 3.37. The predicted molar refractivity (Wildman–Crippen MR) is 52.0 cm³/mol. The van der Waals surface area contributed by atoms with E-state index in [-0.39, 0.29) is 0 Å². The first kappa shape index (κ1) is 10.2. The first-order valence-corrected chi connectivity index (χ1v) is 3.93. The highest BCUT2D eigenvalue weighted by Crippen LogP contribution is 2.00. The second kappa shape index (κ2) is 4.89. The second-order valence-corrected chi connectivity index (χ2v) is 2.92. The summed E-state index contributed by atoms with van der Waals surface area (Å²) in [7, 11) is 0. The number of rotatable bonds is 3. The largest absolute Gasteiger partial charge is 0.261 e. The van der Waals surface area contributed by atoms with Gasteiger partial charge in [0.25, 0.3) is 0 Å². The molecule has 0 atom stereocenters. The fourth-order valence-corrected chi connectivity index (χ4v) is 0.710. The number of aliphatic imine (C=N–C) groups is 1. The highest BCUT2D eigenvalue weighted by atomic mass is 14.7. The fourth-order valence-electron chi connectivity index (χ4n) is 0.710. The Hall–Kier alpha value is -0.850. The summed E-state index contributed by atoms with van der Waals surface area (Å²) >= 11 is 0. The minimum absolute atomic E-state index is 0.957. The molecule has 0 spiro atoms. The van der Waals surface area contributed by atoms with Gasteiger partial charge < -0.3 is 0 Å². The molecule has 0 aromatic heterocycles. The van der Waals surface area contributed by atoms with E-state index in [9.17, 15) is 0 Å². The third-order valence-electron chi connectivity index (χ3n) is 1.31. The quantitative estimate of drug-likeness (QED) is 0.548. The zero-order valence-corrected chi connectivity index (χ0v) is 7.94. The first-order chi connectivity index (χ1) is 5.07. The van der Waals surface area contributed by atoms with Crippen LogP contribution in [0.3, 0.4) is 0 Å². The van der Waals surface area contributed by atoms with Gasteiger partial charge in [-0.05, 0) is 32.8 Å². The van der Waals surface area contributed by atoms with Crippen LogP contribution in [0.1, 0.15) is 34.1 Å². The van der Waals surface area contributed by atoms with Crippen LogP contribution in [0.4, 0.5) is 0 Å². The monoisotopic (exact) mass is 151 g/mol. The zero-order valence-electron chi connectivity index (χ0n) is 7.94. The minimum Gasteiger partial charge on any atom is -0.261 e. The standard InChI is InChI=1S/C10H17N/c1-6-10(9(4)5)11-7-8(2)3/h7H,4,6H2,1-3,5H3. The van der Waals surface area contributed by atoms with Crippen molar-refractivity contribution in [2.24, 2.45) is 4.99 Å². The molecule has 0 N–H and O–H groups in total. The summed E-state index contributed by atoms with van der Waals surface area (Å²) in [6.07, 6.45) is 2.84. The van der Waals surface area contributed by atoms with E-state index in [1.165, 1.54) is 5.57 Å². The van der Waals surface area contributed by atoms with Crippen molar-refractivity contribution in [3.05, 3.63) is 23.9 Å². The average Bonchev–Trinajstić information content (AvgIpc) is 1.87. The Bertz CT molecular complexity index is 193. The van der Waals surface area contributed by atoms with Crippen molar-refractivity contribution < 1.29 is 0 Å². The molecule has 1 heteroatoms. The molecule has 0 saturated heterocycles. The van der Waals surface area contributed by atoms with Crippen LogP contribution in [-0.2, 0) is 0 Å². The lowest BCUT2D eigenvalue weighted by Crippen LogP contribution is -1.95. The van der Waals surface area contributed by atoms with Gasteiger partial charge in [-0.1, -0.05) is 19.1 Å². The molecule has 1 nitrogen and oxygen atoms in total. The van der Waals surface area contributed by atoms with Crippen LogP contribution >= 0.6 is 0 Å². The summed E-state index contributed by atoms with van der Waals surface area (Å²) in [6, 6.07) is 0. The summed E-state index contributed by atoms with van der Waals surface area (Å²) in [4.78, 5) is 4.30. The third kappa shape index (κ3) is 4.54. The molecule has 0 aliphatic carbocycles. The van der Waals surface area contributed by atoms with Gasteiger partial charge in [-0.3, -0.25) is 4.99 Å². The van der Waals surface area contributed by atoms with E-state index >= 15 is 0 Å². The fraction of sp³-hybridized carbons (Fsp3) is 0.500. The molecule has 0 unspecified atom stereocenters. The lowest BCUT2D eigenvalue weighted by atomic mass is 10.1. The molecule has 0 aliphatic rings. The summed E-state index contributed by atoms with van der Waals surface area (Å²) < 4.78 is 0. The lowest BCUT2D eigenvalue weighted by Gasteiger charge is -1.98. The highest BCUT2D eigenvalue weighted by molar-refractivity contribution is 5.99. The average molecular weight is 151 g/mol. The number of nitrogens with zero attached hydrogens (tertiary/aromatic N) is 1. The Labute approximate surface area is 69.5 Å².